The van der Waals surface area contributed by atoms with Gasteiger partial charge in [-0.15, -0.1) is 0 Å². The van der Waals surface area contributed by atoms with Crippen LogP contribution in [0.4, 0.5) is 0 Å². The number of allylic oxidation sites excluding steroid dienone is 2. The second kappa shape index (κ2) is 4.98. The summed E-state index contributed by atoms with van der Waals surface area (Å²) in [6.45, 7) is 0. The van der Waals surface area contributed by atoms with Crippen LogP contribution in [-0.2, 0) is 0 Å². The number of carbonyl (C=O) groups is 1. The van der Waals surface area contributed by atoms with Crippen molar-refractivity contribution in [2.75, 3.05) is 0 Å². The minimum absolute atomic E-state index is 0.00446. The fraction of sp³-hybridized carbons (Fsp3) is 0.222. The molecule has 1 saturated carbocycles. The van der Waals surface area contributed by atoms with E-state index in [9.17, 15) is 9.90 Å². The summed E-state index contributed by atoms with van der Waals surface area (Å²) in [5.74, 6) is 0.699. The molecule has 2 atom stereocenters. The molecule has 2 N–H and O–H groups in total. The fourth-order valence-electron chi connectivity index (χ4n) is 3.28. The third-order valence-corrected chi connectivity index (χ3v) is 4.61. The largest absolute Gasteiger partial charge is 0.506 e. The maximum Gasteiger partial charge on any atom is 0.275 e. The smallest absolute Gasteiger partial charge is 0.275 e. The van der Waals surface area contributed by atoms with E-state index in [0.29, 0.717) is 17.2 Å². The second-order valence-corrected chi connectivity index (χ2v) is 5.87. The van der Waals surface area contributed by atoms with E-state index in [1.807, 2.05) is 24.3 Å². The molecule has 1 amide bonds. The van der Waals surface area contributed by atoms with Crippen LogP contribution in [-0.4, -0.2) is 16.7 Å². The highest BCUT2D eigenvalue weighted by Crippen LogP contribution is 2.40. The average molecular weight is 292 g/mol. The van der Waals surface area contributed by atoms with Crippen LogP contribution < -0.4 is 5.43 Å². The second-order valence-electron chi connectivity index (χ2n) is 5.87. The molecule has 0 spiro atoms. The number of aromatic hydroxyl groups is 1. The van der Waals surface area contributed by atoms with E-state index in [0.717, 1.165) is 23.9 Å². The lowest BCUT2D eigenvalue weighted by atomic mass is 9.74. The Hall–Kier alpha value is -2.62. The van der Waals surface area contributed by atoms with Crippen LogP contribution in [0.3, 0.4) is 0 Å². The van der Waals surface area contributed by atoms with Gasteiger partial charge in [0, 0.05) is 17.0 Å². The van der Waals surface area contributed by atoms with Gasteiger partial charge in [0.15, 0.2) is 0 Å². The monoisotopic (exact) mass is 292 g/mol. The third-order valence-electron chi connectivity index (χ3n) is 4.61. The minimum atomic E-state index is -0.370. The summed E-state index contributed by atoms with van der Waals surface area (Å²) in [7, 11) is 0. The summed E-state index contributed by atoms with van der Waals surface area (Å²) in [6, 6.07) is 10.9. The lowest BCUT2D eigenvalue weighted by Gasteiger charge is -2.31. The molecule has 4 heteroatoms. The highest BCUT2D eigenvalue weighted by Gasteiger charge is 2.38. The number of phenolic OH excluding ortho intramolecular Hbond substituents is 1. The van der Waals surface area contributed by atoms with Crippen LogP contribution >= 0.6 is 0 Å². The fourth-order valence-corrected chi connectivity index (χ4v) is 3.28. The Labute approximate surface area is 128 Å². The number of benzene rings is 2. The highest BCUT2D eigenvalue weighted by atomic mass is 16.3. The van der Waals surface area contributed by atoms with Crippen molar-refractivity contribution in [2.24, 2.45) is 16.9 Å². The molecule has 110 valence electrons. The first-order valence-corrected chi connectivity index (χ1v) is 7.48. The zero-order valence-electron chi connectivity index (χ0n) is 12.0. The number of amides is 1. The van der Waals surface area contributed by atoms with E-state index >= 15 is 0 Å². The zero-order valence-corrected chi connectivity index (χ0v) is 12.0. The van der Waals surface area contributed by atoms with Gasteiger partial charge in [0.05, 0.1) is 5.56 Å². The Morgan fingerprint density at radius 3 is 2.95 bits per heavy atom. The number of rotatable bonds is 2. The lowest BCUT2D eigenvalue weighted by molar-refractivity contribution is 0.0951. The average Bonchev–Trinajstić information content (AvgIpc) is 2.89. The molecular formula is C18H16N2O2. The van der Waals surface area contributed by atoms with E-state index in [2.05, 4.69) is 22.7 Å². The van der Waals surface area contributed by atoms with Gasteiger partial charge in [0.1, 0.15) is 5.75 Å². The molecule has 2 aromatic carbocycles. The molecule has 0 unspecified atom stereocenters. The SMILES string of the molecule is O=C(N/N=C1/C[C@@H]2C=CC[C@H]12)c1ccc2ccccc2c1O. The molecule has 2 aliphatic rings. The van der Waals surface area contributed by atoms with Gasteiger partial charge in [0.25, 0.3) is 5.91 Å². The standard InChI is InChI=1S/C18H16N2O2/c21-17-14-6-2-1-4-11(14)8-9-15(17)18(22)20-19-16-10-12-5-3-7-13(12)16/h1-6,8-9,12-13,21H,7,10H2,(H,20,22)/b19-16-/t12-,13-/m0/s1. The molecule has 2 aromatic rings. The molecule has 0 aromatic heterocycles. The highest BCUT2D eigenvalue weighted by molar-refractivity contribution is 6.04. The summed E-state index contributed by atoms with van der Waals surface area (Å²) in [6.07, 6.45) is 6.33. The van der Waals surface area contributed by atoms with Gasteiger partial charge < -0.3 is 5.11 Å². The lowest BCUT2D eigenvalue weighted by Crippen LogP contribution is -2.35. The van der Waals surface area contributed by atoms with Gasteiger partial charge in [-0.05, 0) is 30.2 Å². The Morgan fingerprint density at radius 1 is 1.23 bits per heavy atom. The van der Waals surface area contributed by atoms with E-state index in [1.165, 1.54) is 0 Å². The first-order valence-electron chi connectivity index (χ1n) is 7.48. The van der Waals surface area contributed by atoms with Crippen molar-refractivity contribution in [3.8, 4) is 5.75 Å². The van der Waals surface area contributed by atoms with Gasteiger partial charge in [-0.25, -0.2) is 5.43 Å². The molecule has 0 aliphatic heterocycles. The molecule has 4 rings (SSSR count). The molecular weight excluding hydrogens is 276 g/mol. The molecule has 2 aliphatic carbocycles. The van der Waals surface area contributed by atoms with Crippen molar-refractivity contribution in [3.05, 3.63) is 54.1 Å². The number of hydrazone groups is 1. The third kappa shape index (κ3) is 1.99. The number of nitrogens with zero attached hydrogens (tertiary/aromatic N) is 1. The molecule has 1 fully saturated rings. The Bertz CT molecular complexity index is 823. The van der Waals surface area contributed by atoms with Crippen LogP contribution in [0.5, 0.6) is 5.75 Å². The number of fused-ring (bicyclic) bond motifs is 2. The summed E-state index contributed by atoms with van der Waals surface area (Å²) in [5.41, 5.74) is 3.88. The summed E-state index contributed by atoms with van der Waals surface area (Å²) >= 11 is 0. The molecule has 4 nitrogen and oxygen atoms in total. The van der Waals surface area contributed by atoms with E-state index in [4.69, 9.17) is 0 Å². The Kier molecular flexibility index (Phi) is 2.96. The maximum absolute atomic E-state index is 12.3. The van der Waals surface area contributed by atoms with Gasteiger partial charge >= 0.3 is 0 Å². The van der Waals surface area contributed by atoms with Gasteiger partial charge in [-0.2, -0.15) is 5.10 Å². The topological polar surface area (TPSA) is 61.7 Å². The van der Waals surface area contributed by atoms with Gasteiger partial charge in [-0.3, -0.25) is 4.79 Å². The molecule has 0 radical (unpaired) electrons. The number of phenols is 1. The summed E-state index contributed by atoms with van der Waals surface area (Å²) in [4.78, 5) is 12.3. The van der Waals surface area contributed by atoms with Crippen LogP contribution in [0.1, 0.15) is 23.2 Å². The van der Waals surface area contributed by atoms with Crippen LogP contribution in [0, 0.1) is 11.8 Å². The Morgan fingerprint density at radius 2 is 2.09 bits per heavy atom. The number of hydrogen-bond acceptors (Lipinski definition) is 3. The van der Waals surface area contributed by atoms with E-state index < -0.39 is 0 Å². The first kappa shape index (κ1) is 13.1. The van der Waals surface area contributed by atoms with Crippen molar-refractivity contribution in [1.82, 2.24) is 5.43 Å². The number of nitrogens with one attached hydrogen (secondary N) is 1. The van der Waals surface area contributed by atoms with E-state index in [1.54, 1.807) is 12.1 Å². The first-order chi connectivity index (χ1) is 10.7. The summed E-state index contributed by atoms with van der Waals surface area (Å²) in [5, 5.41) is 16.1. The summed E-state index contributed by atoms with van der Waals surface area (Å²) < 4.78 is 0. The van der Waals surface area contributed by atoms with Crippen LogP contribution in [0.2, 0.25) is 0 Å². The van der Waals surface area contributed by atoms with Gasteiger partial charge in [-0.1, -0.05) is 42.5 Å². The molecule has 0 bridgehead atoms. The van der Waals surface area contributed by atoms with Crippen molar-refractivity contribution in [2.45, 2.75) is 12.8 Å². The van der Waals surface area contributed by atoms with Crippen molar-refractivity contribution < 1.29 is 9.90 Å². The van der Waals surface area contributed by atoms with Crippen LogP contribution in [0.25, 0.3) is 10.8 Å². The predicted octanol–water partition coefficient (Wildman–Crippen LogP) is 3.23. The van der Waals surface area contributed by atoms with Crippen molar-refractivity contribution >= 4 is 22.4 Å². The normalized spacial score (nSPS) is 24.3. The molecule has 22 heavy (non-hydrogen) atoms. The quantitative estimate of drug-likeness (QED) is 0.659. The van der Waals surface area contributed by atoms with Crippen molar-refractivity contribution in [1.29, 1.82) is 0 Å². The maximum atomic E-state index is 12.3. The predicted molar refractivity (Wildman–Crippen MR) is 85.9 cm³/mol. The number of hydrogen-bond donors (Lipinski definition) is 2. The Balaban J connectivity index is 1.56. The number of carbonyl (C=O) groups excluding carboxylic acids is 1. The van der Waals surface area contributed by atoms with E-state index in [-0.39, 0.29) is 17.2 Å². The van der Waals surface area contributed by atoms with Crippen LogP contribution in [0.15, 0.2) is 53.7 Å². The molecule has 0 heterocycles. The van der Waals surface area contributed by atoms with Gasteiger partial charge in [0.2, 0.25) is 0 Å². The van der Waals surface area contributed by atoms with Crippen molar-refractivity contribution in [3.63, 3.8) is 0 Å². The molecule has 0 saturated heterocycles. The zero-order chi connectivity index (χ0) is 15.1. The minimum Gasteiger partial charge on any atom is -0.506 e.